The van der Waals surface area contributed by atoms with Gasteiger partial charge in [-0.2, -0.15) is 13.2 Å². The van der Waals surface area contributed by atoms with Crippen molar-refractivity contribution in [2.24, 2.45) is 0 Å². The van der Waals surface area contributed by atoms with Crippen LogP contribution in [0.5, 0.6) is 5.75 Å². The minimum atomic E-state index is -4.40. The van der Waals surface area contributed by atoms with E-state index in [1.807, 2.05) is 12.1 Å². The van der Waals surface area contributed by atoms with Gasteiger partial charge in [0.1, 0.15) is 5.75 Å². The second-order valence-electron chi connectivity index (χ2n) is 6.36. The number of benzene rings is 3. The van der Waals surface area contributed by atoms with Gasteiger partial charge in [-0.25, -0.2) is 9.97 Å². The van der Waals surface area contributed by atoms with Crippen LogP contribution in [0.1, 0.15) is 5.56 Å². The molecule has 146 valence electrons. The van der Waals surface area contributed by atoms with Gasteiger partial charge in [0.25, 0.3) is 0 Å². The van der Waals surface area contributed by atoms with E-state index in [0.717, 1.165) is 17.7 Å². The maximum absolute atomic E-state index is 12.9. The highest BCUT2D eigenvalue weighted by molar-refractivity contribution is 6.31. The Morgan fingerprint density at radius 3 is 2.31 bits per heavy atom. The summed E-state index contributed by atoms with van der Waals surface area (Å²) in [6, 6.07) is 17.3. The molecule has 0 bridgehead atoms. The van der Waals surface area contributed by atoms with Gasteiger partial charge in [-0.15, -0.1) is 0 Å². The maximum atomic E-state index is 12.9. The fourth-order valence-corrected chi connectivity index (χ4v) is 3.20. The summed E-state index contributed by atoms with van der Waals surface area (Å²) in [5.74, 6) is 1.07. The minimum absolute atomic E-state index is 0.425. The number of alkyl halides is 3. The van der Waals surface area contributed by atoms with Crippen LogP contribution >= 0.6 is 11.6 Å². The van der Waals surface area contributed by atoms with Crippen molar-refractivity contribution in [2.45, 2.75) is 6.18 Å². The molecule has 3 nitrogen and oxygen atoms in total. The molecule has 1 aromatic heterocycles. The number of hydrogen-bond donors (Lipinski definition) is 0. The third kappa shape index (κ3) is 3.89. The molecule has 7 heteroatoms. The Kier molecular flexibility index (Phi) is 4.88. The highest BCUT2D eigenvalue weighted by Crippen LogP contribution is 2.34. The average molecular weight is 415 g/mol. The Morgan fingerprint density at radius 2 is 1.62 bits per heavy atom. The zero-order chi connectivity index (χ0) is 20.6. The number of methoxy groups -OCH3 is 1. The predicted molar refractivity (Wildman–Crippen MR) is 107 cm³/mol. The second kappa shape index (κ2) is 7.37. The third-order valence-corrected chi connectivity index (χ3v) is 4.71. The first-order chi connectivity index (χ1) is 13.8. The molecule has 0 amide bonds. The molecule has 0 spiro atoms. The lowest BCUT2D eigenvalue weighted by Crippen LogP contribution is -2.04. The Morgan fingerprint density at radius 1 is 0.862 bits per heavy atom. The Hall–Kier alpha value is -3.12. The smallest absolute Gasteiger partial charge is 0.416 e. The molecule has 3 aromatic carbocycles. The fraction of sp³-hybridized carbons (Fsp3) is 0.0909. The lowest BCUT2D eigenvalue weighted by molar-refractivity contribution is -0.137. The van der Waals surface area contributed by atoms with Crippen molar-refractivity contribution in [1.29, 1.82) is 0 Å². The van der Waals surface area contributed by atoms with Crippen molar-refractivity contribution in [3.8, 4) is 28.4 Å². The molecule has 0 unspecified atom stereocenters. The van der Waals surface area contributed by atoms with Gasteiger partial charge in [0.15, 0.2) is 5.82 Å². The summed E-state index contributed by atoms with van der Waals surface area (Å²) in [5, 5.41) is 1.20. The molecular weight excluding hydrogens is 401 g/mol. The fourth-order valence-electron chi connectivity index (χ4n) is 3.03. The number of ether oxygens (including phenoxy) is 1. The zero-order valence-corrected chi connectivity index (χ0v) is 15.9. The Bertz CT molecular complexity index is 1190. The van der Waals surface area contributed by atoms with E-state index in [1.165, 1.54) is 12.1 Å². The van der Waals surface area contributed by atoms with Crippen LogP contribution in [-0.4, -0.2) is 17.1 Å². The molecule has 0 aliphatic rings. The second-order valence-corrected chi connectivity index (χ2v) is 6.80. The molecule has 0 aliphatic carbocycles. The topological polar surface area (TPSA) is 35.0 Å². The summed E-state index contributed by atoms with van der Waals surface area (Å²) in [7, 11) is 1.56. The van der Waals surface area contributed by atoms with E-state index in [4.69, 9.17) is 16.3 Å². The number of aromatic nitrogens is 2. The van der Waals surface area contributed by atoms with Crippen LogP contribution in [0.4, 0.5) is 13.2 Å². The van der Waals surface area contributed by atoms with Crippen molar-refractivity contribution in [2.75, 3.05) is 7.11 Å². The molecule has 1 heterocycles. The lowest BCUT2D eigenvalue weighted by atomic mass is 10.0. The molecule has 29 heavy (non-hydrogen) atoms. The molecular formula is C22H14ClF3N2O. The molecule has 0 atom stereocenters. The highest BCUT2D eigenvalue weighted by atomic mass is 35.5. The van der Waals surface area contributed by atoms with Crippen LogP contribution in [0.3, 0.4) is 0 Å². The first kappa shape index (κ1) is 19.2. The van der Waals surface area contributed by atoms with Crippen molar-refractivity contribution in [3.63, 3.8) is 0 Å². The average Bonchev–Trinajstić information content (AvgIpc) is 2.72. The van der Waals surface area contributed by atoms with E-state index < -0.39 is 11.7 Å². The Balaban J connectivity index is 1.92. The zero-order valence-electron chi connectivity index (χ0n) is 15.2. The summed E-state index contributed by atoms with van der Waals surface area (Å²) in [6.45, 7) is 0. The summed E-state index contributed by atoms with van der Waals surface area (Å²) >= 11 is 6.13. The molecule has 4 rings (SSSR count). The van der Waals surface area contributed by atoms with Gasteiger partial charge in [0, 0.05) is 21.5 Å². The first-order valence-corrected chi connectivity index (χ1v) is 9.02. The summed E-state index contributed by atoms with van der Waals surface area (Å²) in [4.78, 5) is 9.24. The van der Waals surface area contributed by atoms with Crippen molar-refractivity contribution < 1.29 is 17.9 Å². The van der Waals surface area contributed by atoms with Crippen molar-refractivity contribution in [3.05, 3.63) is 77.3 Å². The third-order valence-electron chi connectivity index (χ3n) is 4.47. The van der Waals surface area contributed by atoms with Crippen LogP contribution in [-0.2, 0) is 6.18 Å². The van der Waals surface area contributed by atoms with Crippen LogP contribution in [0.2, 0.25) is 5.02 Å². The minimum Gasteiger partial charge on any atom is -0.497 e. The normalized spacial score (nSPS) is 11.6. The molecule has 0 aliphatic heterocycles. The Labute approximate surface area is 169 Å². The van der Waals surface area contributed by atoms with Crippen LogP contribution < -0.4 is 4.74 Å². The quantitative estimate of drug-likeness (QED) is 0.376. The number of nitrogens with zero attached hydrogens (tertiary/aromatic N) is 2. The van der Waals surface area contributed by atoms with Crippen LogP contribution in [0.25, 0.3) is 33.5 Å². The first-order valence-electron chi connectivity index (χ1n) is 8.64. The number of hydrogen-bond acceptors (Lipinski definition) is 3. The van der Waals surface area contributed by atoms with Gasteiger partial charge >= 0.3 is 6.18 Å². The van der Waals surface area contributed by atoms with Gasteiger partial charge < -0.3 is 4.74 Å². The van der Waals surface area contributed by atoms with Gasteiger partial charge in [-0.1, -0.05) is 35.9 Å². The van der Waals surface area contributed by atoms with E-state index in [2.05, 4.69) is 9.97 Å². The van der Waals surface area contributed by atoms with Gasteiger partial charge in [-0.3, -0.25) is 0 Å². The summed E-state index contributed by atoms with van der Waals surface area (Å²) in [6.07, 6.45) is -4.40. The number of halogens is 4. The lowest BCUT2D eigenvalue weighted by Gasteiger charge is -2.12. The largest absolute Gasteiger partial charge is 0.497 e. The highest BCUT2D eigenvalue weighted by Gasteiger charge is 2.30. The van der Waals surface area contributed by atoms with Gasteiger partial charge in [0.05, 0.1) is 23.9 Å². The number of fused-ring (bicyclic) bond motifs is 1. The predicted octanol–water partition coefficient (Wildman–Crippen LogP) is 6.64. The van der Waals surface area contributed by atoms with Crippen LogP contribution in [0.15, 0.2) is 66.7 Å². The van der Waals surface area contributed by atoms with Gasteiger partial charge in [-0.05, 0) is 42.5 Å². The molecule has 0 N–H and O–H groups in total. The molecule has 0 fully saturated rings. The molecule has 0 saturated heterocycles. The van der Waals surface area contributed by atoms with E-state index in [1.54, 1.807) is 37.4 Å². The molecule has 0 radical (unpaired) electrons. The SMILES string of the molecule is COc1cccc(-c2nc(-c3ccc(C(F)(F)F)cc3)c3ccc(Cl)cc3n2)c1. The van der Waals surface area contributed by atoms with Gasteiger partial charge in [0.2, 0.25) is 0 Å². The summed E-state index contributed by atoms with van der Waals surface area (Å²) in [5.41, 5.74) is 1.69. The molecule has 0 saturated carbocycles. The van der Waals surface area contributed by atoms with E-state index in [0.29, 0.717) is 38.8 Å². The van der Waals surface area contributed by atoms with E-state index in [-0.39, 0.29) is 0 Å². The van der Waals surface area contributed by atoms with E-state index >= 15 is 0 Å². The maximum Gasteiger partial charge on any atom is 0.416 e. The van der Waals surface area contributed by atoms with Crippen molar-refractivity contribution >= 4 is 22.5 Å². The number of rotatable bonds is 3. The summed E-state index contributed by atoms with van der Waals surface area (Å²) < 4.78 is 44.0. The van der Waals surface area contributed by atoms with Crippen molar-refractivity contribution in [1.82, 2.24) is 9.97 Å². The van der Waals surface area contributed by atoms with Crippen LogP contribution in [0, 0.1) is 0 Å². The van der Waals surface area contributed by atoms with E-state index in [9.17, 15) is 13.2 Å². The standard InChI is InChI=1S/C22H14ClF3N2O/c1-29-17-4-2-3-14(11-17)21-27-19-12-16(23)9-10-18(19)20(28-21)13-5-7-15(8-6-13)22(24,25)26/h2-12H,1H3. The molecule has 4 aromatic rings. The monoisotopic (exact) mass is 414 g/mol.